The lowest BCUT2D eigenvalue weighted by Gasteiger charge is -2.64. The fourth-order valence-electron chi connectivity index (χ4n) is 13.7. The second-order valence-corrected chi connectivity index (χ2v) is 18.8. The Morgan fingerprint density at radius 3 is 2.13 bits per heavy atom. The number of fused-ring (bicyclic) bond motifs is 2. The lowest BCUT2D eigenvalue weighted by atomic mass is 9.41. The quantitative estimate of drug-likeness (QED) is 0.219. The van der Waals surface area contributed by atoms with Crippen LogP contribution >= 0.6 is 0 Å². The zero-order chi connectivity index (χ0) is 33.6. The Morgan fingerprint density at radius 1 is 0.804 bits per heavy atom. The van der Waals surface area contributed by atoms with Gasteiger partial charge in [0.1, 0.15) is 24.4 Å². The molecule has 2 saturated heterocycles. The van der Waals surface area contributed by atoms with E-state index in [9.17, 15) is 35.7 Å². The van der Waals surface area contributed by atoms with Crippen molar-refractivity contribution in [2.24, 2.45) is 50.7 Å². The summed E-state index contributed by atoms with van der Waals surface area (Å²) >= 11 is 0. The average Bonchev–Trinajstić information content (AvgIpc) is 3.31. The monoisotopic (exact) mass is 652 g/mol. The number of aliphatic hydroxyl groups excluding tert-OH is 6. The number of hydrogen-bond donors (Lipinski definition) is 7. The number of hydrogen-bond acceptors (Lipinski definition) is 10. The van der Waals surface area contributed by atoms with E-state index in [-0.39, 0.29) is 51.4 Å². The van der Waals surface area contributed by atoms with Crippen molar-refractivity contribution in [3.63, 3.8) is 0 Å². The molecule has 5 aliphatic carbocycles. The molecule has 7 N–H and O–H groups in total. The van der Waals surface area contributed by atoms with Gasteiger partial charge in [-0.15, -0.1) is 0 Å². The van der Waals surface area contributed by atoms with Crippen LogP contribution in [0.3, 0.4) is 0 Å². The van der Waals surface area contributed by atoms with Gasteiger partial charge in [0.05, 0.1) is 42.7 Å². The Hall–Kier alpha value is -0.400. The fourth-order valence-corrected chi connectivity index (χ4v) is 13.7. The van der Waals surface area contributed by atoms with E-state index in [0.29, 0.717) is 25.9 Å². The Labute approximate surface area is 273 Å². The Morgan fingerprint density at radius 2 is 1.50 bits per heavy atom. The van der Waals surface area contributed by atoms with Crippen LogP contribution in [0.5, 0.6) is 0 Å². The minimum Gasteiger partial charge on any atom is -0.394 e. The Kier molecular flexibility index (Phi) is 7.65. The summed E-state index contributed by atoms with van der Waals surface area (Å²) in [4.78, 5) is 0. The van der Waals surface area contributed by atoms with E-state index in [0.717, 1.165) is 32.1 Å². The van der Waals surface area contributed by atoms with Gasteiger partial charge in [-0.3, -0.25) is 0 Å². The SMILES string of the molecule is CC(C)(O)[C@H]1CO[C@@](C)([C@H]2[C@@H](O)C[C@@]3(C)[C@@H]4C[C@H](O)[C@H]5C(C)(C)[C@@H](O[C@@H]6O[C@H](CO)[C@@H](O)[C@H](O)[C@H]6O)CC[C@@]56C[C@@]46CC[C@]23C)C1. The van der Waals surface area contributed by atoms with Crippen molar-refractivity contribution >= 4 is 0 Å². The van der Waals surface area contributed by atoms with Crippen LogP contribution < -0.4 is 0 Å². The maximum atomic E-state index is 12.2. The molecule has 0 bridgehead atoms. The van der Waals surface area contributed by atoms with Crippen molar-refractivity contribution in [3.05, 3.63) is 0 Å². The van der Waals surface area contributed by atoms with Crippen LogP contribution in [-0.4, -0.2) is 109 Å². The molecule has 0 amide bonds. The van der Waals surface area contributed by atoms with Gasteiger partial charge in [-0.05, 0) is 111 Å². The van der Waals surface area contributed by atoms with Crippen LogP contribution in [0.2, 0.25) is 0 Å². The molecule has 0 aromatic rings. The molecular formula is C36H60O10. The molecule has 2 spiro atoms. The van der Waals surface area contributed by atoms with Crippen LogP contribution in [-0.2, 0) is 14.2 Å². The molecule has 2 aliphatic heterocycles. The van der Waals surface area contributed by atoms with Crippen LogP contribution in [0, 0.1) is 50.7 Å². The summed E-state index contributed by atoms with van der Waals surface area (Å²) in [5, 5.41) is 76.0. The predicted molar refractivity (Wildman–Crippen MR) is 167 cm³/mol. The first kappa shape index (κ1) is 34.1. The van der Waals surface area contributed by atoms with Gasteiger partial charge >= 0.3 is 0 Å². The van der Waals surface area contributed by atoms with Gasteiger partial charge in [0.25, 0.3) is 0 Å². The fraction of sp³-hybridized carbons (Fsp3) is 1.00. The van der Waals surface area contributed by atoms with E-state index in [4.69, 9.17) is 14.2 Å². The Bertz CT molecular complexity index is 1200. The lowest BCUT2D eigenvalue weighted by molar-refractivity contribution is -0.329. The van der Waals surface area contributed by atoms with E-state index in [1.165, 1.54) is 0 Å². The summed E-state index contributed by atoms with van der Waals surface area (Å²) in [5.41, 5.74) is -2.16. The van der Waals surface area contributed by atoms with Crippen LogP contribution in [0.15, 0.2) is 0 Å². The topological polar surface area (TPSA) is 169 Å². The first-order valence-electron chi connectivity index (χ1n) is 17.9. The molecule has 10 nitrogen and oxygen atoms in total. The molecule has 10 heteroatoms. The van der Waals surface area contributed by atoms with Gasteiger partial charge in [-0.2, -0.15) is 0 Å². The molecule has 0 unspecified atom stereocenters. The molecule has 7 aliphatic rings. The van der Waals surface area contributed by atoms with Crippen molar-refractivity contribution in [1.29, 1.82) is 0 Å². The summed E-state index contributed by atoms with van der Waals surface area (Å²) in [5.74, 6) is 0.191. The van der Waals surface area contributed by atoms with Gasteiger partial charge in [0.15, 0.2) is 6.29 Å². The zero-order valence-electron chi connectivity index (χ0n) is 28.9. The molecule has 46 heavy (non-hydrogen) atoms. The maximum Gasteiger partial charge on any atom is 0.186 e. The molecule has 0 radical (unpaired) electrons. The normalized spacial score (nSPS) is 59.3. The summed E-state index contributed by atoms with van der Waals surface area (Å²) in [6.07, 6.45) is -1.31. The van der Waals surface area contributed by atoms with Gasteiger partial charge in [0.2, 0.25) is 0 Å². The molecule has 0 aromatic heterocycles. The van der Waals surface area contributed by atoms with Gasteiger partial charge in [-0.1, -0.05) is 27.7 Å². The third kappa shape index (κ3) is 4.24. The first-order chi connectivity index (χ1) is 21.2. The minimum atomic E-state index is -1.50. The van der Waals surface area contributed by atoms with E-state index in [1.54, 1.807) is 0 Å². The third-order valence-electron chi connectivity index (χ3n) is 16.0. The highest BCUT2D eigenvalue weighted by Crippen LogP contribution is 2.89. The van der Waals surface area contributed by atoms with Crippen molar-refractivity contribution in [2.75, 3.05) is 13.2 Å². The highest BCUT2D eigenvalue weighted by atomic mass is 16.7. The van der Waals surface area contributed by atoms with E-state index in [2.05, 4.69) is 34.6 Å². The number of ether oxygens (including phenoxy) is 3. The van der Waals surface area contributed by atoms with E-state index >= 15 is 0 Å². The van der Waals surface area contributed by atoms with Gasteiger partial charge in [0, 0.05) is 11.8 Å². The van der Waals surface area contributed by atoms with Gasteiger partial charge < -0.3 is 50.0 Å². The van der Waals surface area contributed by atoms with E-state index < -0.39 is 66.1 Å². The summed E-state index contributed by atoms with van der Waals surface area (Å²) in [6, 6.07) is 0. The van der Waals surface area contributed by atoms with Crippen molar-refractivity contribution in [2.45, 2.75) is 160 Å². The number of aliphatic hydroxyl groups is 7. The summed E-state index contributed by atoms with van der Waals surface area (Å²) in [7, 11) is 0. The molecule has 2 heterocycles. The summed E-state index contributed by atoms with van der Waals surface area (Å²) in [6.45, 7) is 14.9. The van der Waals surface area contributed by atoms with Crippen molar-refractivity contribution in [3.8, 4) is 0 Å². The standard InChI is InChI=1S/C36H60O10/c1-30(2)23(46-29-26(42)25(41)24(40)21(15-37)45-29)8-9-36-17-35(36)11-10-32(5)28(34(7)13-18(16-44-34)31(3,4)43)20(39)14-33(32,6)22(35)12-19(38)27(30)36/h18-29,37-43H,8-17H2,1-7H3/t18-,19+,20+,21-,22+,23+,24-,25+,26-,27+,28+,29+,32-,33+,34-,35+,36-/m1/s1. The predicted octanol–water partition coefficient (Wildman–Crippen LogP) is 2.12. The van der Waals surface area contributed by atoms with E-state index in [1.807, 2.05) is 13.8 Å². The zero-order valence-corrected chi connectivity index (χ0v) is 28.9. The van der Waals surface area contributed by atoms with Crippen molar-refractivity contribution in [1.82, 2.24) is 0 Å². The minimum absolute atomic E-state index is 0.0154. The average molecular weight is 653 g/mol. The molecule has 5 saturated carbocycles. The second-order valence-electron chi connectivity index (χ2n) is 18.8. The van der Waals surface area contributed by atoms with Crippen molar-refractivity contribution < 1.29 is 50.0 Å². The lowest BCUT2D eigenvalue weighted by Crippen LogP contribution is -2.64. The highest BCUT2D eigenvalue weighted by molar-refractivity contribution is 5.33. The Balaban J connectivity index is 1.15. The second kappa shape index (κ2) is 10.3. The maximum absolute atomic E-state index is 12.2. The van der Waals surface area contributed by atoms with Gasteiger partial charge in [-0.25, -0.2) is 0 Å². The highest BCUT2D eigenvalue weighted by Gasteiger charge is 2.85. The third-order valence-corrected chi connectivity index (χ3v) is 16.0. The molecule has 17 atom stereocenters. The molecule has 0 aromatic carbocycles. The molecular weight excluding hydrogens is 592 g/mol. The molecule has 7 fully saturated rings. The largest absolute Gasteiger partial charge is 0.394 e. The smallest absolute Gasteiger partial charge is 0.186 e. The molecule has 264 valence electrons. The van der Waals surface area contributed by atoms with Crippen LogP contribution in [0.1, 0.15) is 99.8 Å². The number of rotatable bonds is 5. The van der Waals surface area contributed by atoms with Crippen LogP contribution in [0.4, 0.5) is 0 Å². The summed E-state index contributed by atoms with van der Waals surface area (Å²) < 4.78 is 18.7. The van der Waals surface area contributed by atoms with Crippen LogP contribution in [0.25, 0.3) is 0 Å². The molecule has 7 rings (SSSR count). The first-order valence-corrected chi connectivity index (χ1v) is 17.9.